The second-order valence-electron chi connectivity index (χ2n) is 5.57. The van der Waals surface area contributed by atoms with Gasteiger partial charge in [0.25, 0.3) is 0 Å². The minimum absolute atomic E-state index is 0.0360. The molecule has 0 radical (unpaired) electrons. The van der Waals surface area contributed by atoms with Crippen molar-refractivity contribution in [3.05, 3.63) is 29.8 Å². The first-order valence-electron chi connectivity index (χ1n) is 6.57. The monoisotopic (exact) mass is 279 g/mol. The van der Waals surface area contributed by atoms with E-state index in [1.54, 1.807) is 6.07 Å². The molecule has 4 N–H and O–H groups in total. The van der Waals surface area contributed by atoms with Gasteiger partial charge in [-0.05, 0) is 26.0 Å². The van der Waals surface area contributed by atoms with E-state index in [4.69, 9.17) is 15.7 Å². The quantitative estimate of drug-likeness (QED) is 0.329. The Morgan fingerprint density at radius 3 is 2.85 bits per heavy atom. The molecule has 1 fully saturated rings. The standard InChI is InChI=1S/C14H21N3O3/c1-14(2)9-17(7-10(8-18)20-14)12-6-4-3-5-11(12)13(15)16-19/h3-6,10,18-19H,7-9H2,1-2H3,(H2,15,16). The molecule has 1 aliphatic rings. The largest absolute Gasteiger partial charge is 0.409 e. The molecule has 1 atom stereocenters. The lowest BCUT2D eigenvalue weighted by molar-refractivity contribution is -0.101. The number of morpholine rings is 1. The van der Waals surface area contributed by atoms with Gasteiger partial charge in [0, 0.05) is 24.3 Å². The third-order valence-corrected chi connectivity index (χ3v) is 3.31. The lowest BCUT2D eigenvalue weighted by atomic mass is 10.0. The Kier molecular flexibility index (Phi) is 4.15. The minimum Gasteiger partial charge on any atom is -0.409 e. The van der Waals surface area contributed by atoms with E-state index in [0.717, 1.165) is 5.69 Å². The van der Waals surface area contributed by atoms with Crippen LogP contribution in [-0.2, 0) is 4.74 Å². The minimum atomic E-state index is -0.371. The normalized spacial score (nSPS) is 22.9. The van der Waals surface area contributed by atoms with E-state index in [1.807, 2.05) is 32.0 Å². The molecule has 0 bridgehead atoms. The van der Waals surface area contributed by atoms with Crippen LogP contribution in [0.25, 0.3) is 0 Å². The number of aliphatic hydroxyl groups excluding tert-OH is 1. The van der Waals surface area contributed by atoms with Crippen molar-refractivity contribution in [3.8, 4) is 0 Å². The van der Waals surface area contributed by atoms with Gasteiger partial charge >= 0.3 is 0 Å². The number of oxime groups is 1. The van der Waals surface area contributed by atoms with Gasteiger partial charge in [0.15, 0.2) is 5.84 Å². The summed E-state index contributed by atoms with van der Waals surface area (Å²) in [4.78, 5) is 2.09. The molecule has 0 aliphatic carbocycles. The molecule has 1 saturated heterocycles. The molecule has 1 aliphatic heterocycles. The lowest BCUT2D eigenvalue weighted by Crippen LogP contribution is -2.54. The zero-order chi connectivity index (χ0) is 14.8. The summed E-state index contributed by atoms with van der Waals surface area (Å²) in [6.45, 7) is 5.16. The predicted octanol–water partition coefficient (Wildman–Crippen LogP) is 0.757. The van der Waals surface area contributed by atoms with E-state index in [9.17, 15) is 5.11 Å². The molecular weight excluding hydrogens is 258 g/mol. The van der Waals surface area contributed by atoms with Gasteiger partial charge in [-0.2, -0.15) is 0 Å². The van der Waals surface area contributed by atoms with E-state index in [-0.39, 0.29) is 24.1 Å². The van der Waals surface area contributed by atoms with Crippen LogP contribution in [0.3, 0.4) is 0 Å². The number of nitrogens with two attached hydrogens (primary N) is 1. The van der Waals surface area contributed by atoms with Crippen LogP contribution in [0.5, 0.6) is 0 Å². The SMILES string of the molecule is CC1(C)CN(c2ccccc2/C(N)=N/O)CC(CO)O1. The van der Waals surface area contributed by atoms with Crippen molar-refractivity contribution >= 4 is 11.5 Å². The van der Waals surface area contributed by atoms with Crippen molar-refractivity contribution < 1.29 is 15.1 Å². The summed E-state index contributed by atoms with van der Waals surface area (Å²) in [7, 11) is 0. The van der Waals surface area contributed by atoms with Gasteiger partial charge in [0.05, 0.1) is 18.3 Å². The molecule has 6 nitrogen and oxygen atoms in total. The zero-order valence-electron chi connectivity index (χ0n) is 11.8. The molecule has 20 heavy (non-hydrogen) atoms. The van der Waals surface area contributed by atoms with Crippen molar-refractivity contribution in [1.29, 1.82) is 0 Å². The van der Waals surface area contributed by atoms with E-state index in [1.165, 1.54) is 0 Å². The summed E-state index contributed by atoms with van der Waals surface area (Å²) in [5.74, 6) is 0.0745. The topological polar surface area (TPSA) is 91.3 Å². The average molecular weight is 279 g/mol. The molecule has 0 aromatic heterocycles. The van der Waals surface area contributed by atoms with Crippen molar-refractivity contribution in [1.82, 2.24) is 0 Å². The molecule has 110 valence electrons. The van der Waals surface area contributed by atoms with Crippen molar-refractivity contribution in [2.24, 2.45) is 10.9 Å². The van der Waals surface area contributed by atoms with Gasteiger partial charge in [0.2, 0.25) is 0 Å². The first kappa shape index (κ1) is 14.6. The molecule has 0 spiro atoms. The molecule has 1 aromatic rings. The number of benzene rings is 1. The highest BCUT2D eigenvalue weighted by atomic mass is 16.5. The molecule has 1 heterocycles. The summed E-state index contributed by atoms with van der Waals surface area (Å²) >= 11 is 0. The number of nitrogens with zero attached hydrogens (tertiary/aromatic N) is 2. The molecule has 1 unspecified atom stereocenters. The van der Waals surface area contributed by atoms with Crippen molar-refractivity contribution in [3.63, 3.8) is 0 Å². The summed E-state index contributed by atoms with van der Waals surface area (Å²) in [6, 6.07) is 7.47. The van der Waals surface area contributed by atoms with Crippen LogP contribution in [0, 0.1) is 0 Å². The predicted molar refractivity (Wildman–Crippen MR) is 77.2 cm³/mol. The number of anilines is 1. The fourth-order valence-electron chi connectivity index (χ4n) is 2.59. The highest BCUT2D eigenvalue weighted by molar-refractivity contribution is 6.02. The van der Waals surface area contributed by atoms with Crippen molar-refractivity contribution in [2.45, 2.75) is 25.6 Å². The lowest BCUT2D eigenvalue weighted by Gasteiger charge is -2.43. The van der Waals surface area contributed by atoms with Gasteiger partial charge in [-0.15, -0.1) is 0 Å². The number of para-hydroxylation sites is 1. The zero-order valence-corrected chi connectivity index (χ0v) is 11.8. The fourth-order valence-corrected chi connectivity index (χ4v) is 2.59. The first-order chi connectivity index (χ1) is 9.46. The van der Waals surface area contributed by atoms with Crippen LogP contribution < -0.4 is 10.6 Å². The number of rotatable bonds is 3. The van der Waals surface area contributed by atoms with E-state index in [0.29, 0.717) is 18.7 Å². The van der Waals surface area contributed by atoms with Crippen LogP contribution >= 0.6 is 0 Å². The Morgan fingerprint density at radius 2 is 2.20 bits per heavy atom. The average Bonchev–Trinajstić information content (AvgIpc) is 2.44. The summed E-state index contributed by atoms with van der Waals surface area (Å²) in [5.41, 5.74) is 6.90. The summed E-state index contributed by atoms with van der Waals surface area (Å²) < 4.78 is 5.80. The Hall–Kier alpha value is -1.79. The number of hydrogen-bond acceptors (Lipinski definition) is 5. The molecule has 6 heteroatoms. The van der Waals surface area contributed by atoms with Gasteiger partial charge in [0.1, 0.15) is 0 Å². The molecule has 2 rings (SSSR count). The van der Waals surface area contributed by atoms with Crippen LogP contribution in [0.4, 0.5) is 5.69 Å². The van der Waals surface area contributed by atoms with Gasteiger partial charge in [-0.25, -0.2) is 0 Å². The maximum Gasteiger partial charge on any atom is 0.172 e. The van der Waals surface area contributed by atoms with Crippen LogP contribution in [0.15, 0.2) is 29.4 Å². The summed E-state index contributed by atoms with van der Waals surface area (Å²) in [5, 5.41) is 21.3. The fraction of sp³-hybridized carbons (Fsp3) is 0.500. The maximum atomic E-state index is 9.37. The van der Waals surface area contributed by atoms with Crippen molar-refractivity contribution in [2.75, 3.05) is 24.6 Å². The number of ether oxygens (including phenoxy) is 1. The Labute approximate surface area is 118 Å². The van der Waals surface area contributed by atoms with Gasteiger partial charge in [-0.3, -0.25) is 0 Å². The van der Waals surface area contributed by atoms with E-state index < -0.39 is 0 Å². The third kappa shape index (κ3) is 3.02. The van der Waals surface area contributed by atoms with E-state index >= 15 is 0 Å². The Balaban J connectivity index is 2.35. The van der Waals surface area contributed by atoms with E-state index in [2.05, 4.69) is 10.1 Å². The Bertz CT molecular complexity index is 502. The smallest absolute Gasteiger partial charge is 0.172 e. The maximum absolute atomic E-state index is 9.37. The molecule has 0 saturated carbocycles. The number of amidine groups is 1. The second kappa shape index (κ2) is 5.68. The number of aliphatic hydroxyl groups is 1. The number of hydrogen-bond donors (Lipinski definition) is 3. The molecular formula is C14H21N3O3. The van der Waals surface area contributed by atoms with Crippen LogP contribution in [-0.4, -0.2) is 47.6 Å². The first-order valence-corrected chi connectivity index (χ1v) is 6.57. The summed E-state index contributed by atoms with van der Waals surface area (Å²) in [6.07, 6.45) is -0.251. The van der Waals surface area contributed by atoms with Crippen LogP contribution in [0.1, 0.15) is 19.4 Å². The van der Waals surface area contributed by atoms with Crippen LogP contribution in [0.2, 0.25) is 0 Å². The Morgan fingerprint density at radius 1 is 1.50 bits per heavy atom. The molecule has 1 aromatic carbocycles. The van der Waals surface area contributed by atoms with Gasteiger partial charge in [-0.1, -0.05) is 17.3 Å². The third-order valence-electron chi connectivity index (χ3n) is 3.31. The second-order valence-corrected chi connectivity index (χ2v) is 5.57. The highest BCUT2D eigenvalue weighted by Crippen LogP contribution is 2.28. The van der Waals surface area contributed by atoms with Gasteiger partial charge < -0.3 is 25.7 Å². The molecule has 0 amide bonds. The highest BCUT2D eigenvalue weighted by Gasteiger charge is 2.34.